The van der Waals surface area contributed by atoms with Crippen LogP contribution in [0.1, 0.15) is 27.7 Å². The van der Waals surface area contributed by atoms with E-state index in [-0.39, 0.29) is 11.1 Å². The van der Waals surface area contributed by atoms with Crippen molar-refractivity contribution in [3.8, 4) is 0 Å². The summed E-state index contributed by atoms with van der Waals surface area (Å²) in [6.07, 6.45) is 1.66. The molecule has 1 N–H and O–H groups in total. The molecule has 0 bridgehead atoms. The number of thiophene rings is 1. The van der Waals surface area contributed by atoms with E-state index < -0.39 is 0 Å². The van der Waals surface area contributed by atoms with Crippen LogP contribution in [0.3, 0.4) is 0 Å². The summed E-state index contributed by atoms with van der Waals surface area (Å²) in [5.41, 5.74) is 0.976. The average Bonchev–Trinajstić information content (AvgIpc) is 2.78. The molecular formula is C14H21N3OS. The van der Waals surface area contributed by atoms with Crippen LogP contribution in [-0.2, 0) is 6.54 Å². The minimum absolute atomic E-state index is 0.0719. The number of nitrogens with zero attached hydrogens (tertiary/aromatic N) is 2. The van der Waals surface area contributed by atoms with Crippen molar-refractivity contribution in [3.05, 3.63) is 28.1 Å². The third-order valence-corrected chi connectivity index (χ3v) is 3.82. The SMILES string of the molecule is CC(CNC(C)(C)C)Cn1cnc2ccsc2c1=O. The molecule has 5 heteroatoms. The molecule has 0 saturated heterocycles. The summed E-state index contributed by atoms with van der Waals surface area (Å²) in [5.74, 6) is 0.385. The highest BCUT2D eigenvalue weighted by molar-refractivity contribution is 7.17. The zero-order chi connectivity index (χ0) is 14.0. The van der Waals surface area contributed by atoms with Crippen LogP contribution in [-0.4, -0.2) is 21.6 Å². The zero-order valence-electron chi connectivity index (χ0n) is 11.9. The largest absolute Gasteiger partial charge is 0.312 e. The molecule has 1 atom stereocenters. The molecule has 104 valence electrons. The second kappa shape index (κ2) is 5.43. The van der Waals surface area contributed by atoms with Crippen molar-refractivity contribution in [1.29, 1.82) is 0 Å². The summed E-state index contributed by atoms with van der Waals surface area (Å²) in [7, 11) is 0. The molecule has 0 aliphatic rings. The Hall–Kier alpha value is -1.20. The van der Waals surface area contributed by atoms with Gasteiger partial charge in [0.1, 0.15) is 4.70 Å². The number of hydrogen-bond donors (Lipinski definition) is 1. The topological polar surface area (TPSA) is 46.9 Å². The predicted octanol–water partition coefficient (Wildman–Crippen LogP) is 2.48. The fraction of sp³-hybridized carbons (Fsp3) is 0.571. The Morgan fingerprint density at radius 3 is 2.89 bits per heavy atom. The van der Waals surface area contributed by atoms with Crippen molar-refractivity contribution in [1.82, 2.24) is 14.9 Å². The molecule has 2 heterocycles. The third-order valence-electron chi connectivity index (χ3n) is 2.92. The second-order valence-corrected chi connectivity index (χ2v) is 6.99. The Morgan fingerprint density at radius 1 is 1.47 bits per heavy atom. The first-order chi connectivity index (χ1) is 8.87. The summed E-state index contributed by atoms with van der Waals surface area (Å²) >= 11 is 1.46. The van der Waals surface area contributed by atoms with Crippen LogP contribution in [0, 0.1) is 5.92 Å². The maximum atomic E-state index is 12.2. The molecule has 0 saturated carbocycles. The van der Waals surface area contributed by atoms with Crippen molar-refractivity contribution < 1.29 is 0 Å². The number of aromatic nitrogens is 2. The Balaban J connectivity index is 2.09. The first-order valence-electron chi connectivity index (χ1n) is 6.54. The maximum absolute atomic E-state index is 12.2. The summed E-state index contributed by atoms with van der Waals surface area (Å²) in [5, 5.41) is 5.37. The van der Waals surface area contributed by atoms with E-state index >= 15 is 0 Å². The summed E-state index contributed by atoms with van der Waals surface area (Å²) in [6.45, 7) is 10.2. The highest BCUT2D eigenvalue weighted by Crippen LogP contribution is 2.13. The van der Waals surface area contributed by atoms with E-state index in [1.165, 1.54) is 11.3 Å². The molecule has 2 aromatic heterocycles. The van der Waals surface area contributed by atoms with Crippen molar-refractivity contribution in [3.63, 3.8) is 0 Å². The van der Waals surface area contributed by atoms with Gasteiger partial charge >= 0.3 is 0 Å². The second-order valence-electron chi connectivity index (χ2n) is 6.07. The Labute approximate surface area is 117 Å². The van der Waals surface area contributed by atoms with Gasteiger partial charge in [-0.25, -0.2) is 4.98 Å². The smallest absolute Gasteiger partial charge is 0.271 e. The van der Waals surface area contributed by atoms with Crippen LogP contribution in [0.25, 0.3) is 10.2 Å². The normalized spacial score (nSPS) is 13.9. The molecule has 19 heavy (non-hydrogen) atoms. The van der Waals surface area contributed by atoms with Gasteiger partial charge in [0, 0.05) is 12.1 Å². The quantitative estimate of drug-likeness (QED) is 0.935. The van der Waals surface area contributed by atoms with Gasteiger partial charge in [0.05, 0.1) is 11.8 Å². The van der Waals surface area contributed by atoms with E-state index in [9.17, 15) is 4.79 Å². The van der Waals surface area contributed by atoms with Gasteiger partial charge in [0.15, 0.2) is 0 Å². The predicted molar refractivity (Wildman–Crippen MR) is 80.8 cm³/mol. The Bertz CT molecular complexity index is 609. The van der Waals surface area contributed by atoms with E-state index in [0.29, 0.717) is 12.5 Å². The fourth-order valence-corrected chi connectivity index (χ4v) is 2.68. The van der Waals surface area contributed by atoms with Gasteiger partial charge in [-0.15, -0.1) is 11.3 Å². The van der Waals surface area contributed by atoms with Crippen LogP contribution in [0.5, 0.6) is 0 Å². The molecule has 0 aromatic carbocycles. The number of hydrogen-bond acceptors (Lipinski definition) is 4. The van der Waals surface area contributed by atoms with Crippen LogP contribution in [0.15, 0.2) is 22.6 Å². The fourth-order valence-electron chi connectivity index (χ4n) is 1.89. The van der Waals surface area contributed by atoms with E-state index in [1.54, 1.807) is 10.9 Å². The molecule has 1 unspecified atom stereocenters. The highest BCUT2D eigenvalue weighted by Gasteiger charge is 2.13. The Morgan fingerprint density at radius 2 is 2.21 bits per heavy atom. The van der Waals surface area contributed by atoms with Gasteiger partial charge in [-0.3, -0.25) is 9.36 Å². The van der Waals surface area contributed by atoms with Gasteiger partial charge in [-0.2, -0.15) is 0 Å². The Kier molecular flexibility index (Phi) is 4.06. The standard InChI is InChI=1S/C14H21N3OS/c1-10(7-16-14(2,3)4)8-17-9-15-11-5-6-19-12(11)13(17)18/h5-6,9-10,16H,7-8H2,1-4H3. The number of rotatable bonds is 4. The minimum atomic E-state index is 0.0719. The number of nitrogens with one attached hydrogen (secondary N) is 1. The molecule has 0 fully saturated rings. The van der Waals surface area contributed by atoms with Gasteiger partial charge in [0.2, 0.25) is 0 Å². The van der Waals surface area contributed by atoms with Gasteiger partial charge < -0.3 is 5.32 Å². The van der Waals surface area contributed by atoms with Crippen LogP contribution in [0.2, 0.25) is 0 Å². The first-order valence-corrected chi connectivity index (χ1v) is 7.42. The molecule has 2 rings (SSSR count). The molecule has 0 aliphatic carbocycles. The molecule has 0 aliphatic heterocycles. The van der Waals surface area contributed by atoms with E-state index in [2.05, 4.69) is 38.0 Å². The van der Waals surface area contributed by atoms with Crippen molar-refractivity contribution in [2.75, 3.05) is 6.54 Å². The lowest BCUT2D eigenvalue weighted by Crippen LogP contribution is -2.40. The van der Waals surface area contributed by atoms with Crippen molar-refractivity contribution >= 4 is 21.6 Å². The van der Waals surface area contributed by atoms with Gasteiger partial charge in [0.25, 0.3) is 5.56 Å². The first kappa shape index (κ1) is 14.2. The lowest BCUT2D eigenvalue weighted by atomic mass is 10.1. The molecule has 0 radical (unpaired) electrons. The summed E-state index contributed by atoms with van der Waals surface area (Å²) in [6, 6.07) is 1.89. The monoisotopic (exact) mass is 279 g/mol. The molecule has 0 amide bonds. The molecular weight excluding hydrogens is 258 g/mol. The van der Waals surface area contributed by atoms with Gasteiger partial charge in [-0.1, -0.05) is 6.92 Å². The van der Waals surface area contributed by atoms with Crippen LogP contribution >= 0.6 is 11.3 Å². The van der Waals surface area contributed by atoms with Crippen LogP contribution in [0.4, 0.5) is 0 Å². The van der Waals surface area contributed by atoms with Crippen molar-refractivity contribution in [2.24, 2.45) is 5.92 Å². The van der Waals surface area contributed by atoms with Gasteiger partial charge in [-0.05, 0) is 44.7 Å². The summed E-state index contributed by atoms with van der Waals surface area (Å²) < 4.78 is 2.46. The third kappa shape index (κ3) is 3.64. The van der Waals surface area contributed by atoms with E-state index in [1.807, 2.05) is 11.4 Å². The van der Waals surface area contributed by atoms with E-state index in [4.69, 9.17) is 0 Å². The maximum Gasteiger partial charge on any atom is 0.271 e. The zero-order valence-corrected chi connectivity index (χ0v) is 12.8. The van der Waals surface area contributed by atoms with E-state index in [0.717, 1.165) is 16.8 Å². The molecule has 2 aromatic rings. The van der Waals surface area contributed by atoms with Crippen molar-refractivity contribution in [2.45, 2.75) is 39.8 Å². The van der Waals surface area contributed by atoms with Crippen LogP contribution < -0.4 is 10.9 Å². The molecule has 4 nitrogen and oxygen atoms in total. The highest BCUT2D eigenvalue weighted by atomic mass is 32.1. The minimum Gasteiger partial charge on any atom is -0.312 e. The lowest BCUT2D eigenvalue weighted by Gasteiger charge is -2.23. The molecule has 0 spiro atoms. The number of fused-ring (bicyclic) bond motifs is 1. The lowest BCUT2D eigenvalue weighted by molar-refractivity contribution is 0.357. The average molecular weight is 279 g/mol. The summed E-state index contributed by atoms with van der Waals surface area (Å²) in [4.78, 5) is 16.6.